The van der Waals surface area contributed by atoms with E-state index in [-0.39, 0.29) is 5.91 Å². The molecule has 4 rings (SSSR count). The second kappa shape index (κ2) is 10.0. The number of hydrogen-bond donors (Lipinski definition) is 0. The van der Waals surface area contributed by atoms with E-state index in [0.29, 0.717) is 18.2 Å². The van der Waals surface area contributed by atoms with E-state index in [4.69, 9.17) is 10.00 Å². The van der Waals surface area contributed by atoms with Gasteiger partial charge >= 0.3 is 0 Å². The van der Waals surface area contributed by atoms with Gasteiger partial charge in [0.1, 0.15) is 0 Å². The van der Waals surface area contributed by atoms with Crippen LogP contribution in [0.3, 0.4) is 0 Å². The molecule has 1 atom stereocenters. The van der Waals surface area contributed by atoms with Crippen molar-refractivity contribution in [2.45, 2.75) is 30.3 Å². The Balaban J connectivity index is 1.40. The largest absolute Gasteiger partial charge is 0.377 e. The smallest absolute Gasteiger partial charge is 0.255 e. The summed E-state index contributed by atoms with van der Waals surface area (Å²) < 4.78 is 5.74. The number of nitriles is 1. The number of carbonyl (C=O) groups is 1. The van der Waals surface area contributed by atoms with Gasteiger partial charge < -0.3 is 14.5 Å². The molecule has 6 heteroatoms. The third-order valence-corrected chi connectivity index (χ3v) is 6.92. The van der Waals surface area contributed by atoms with Crippen molar-refractivity contribution in [1.82, 2.24) is 4.90 Å². The number of amides is 1. The van der Waals surface area contributed by atoms with Crippen molar-refractivity contribution in [2.75, 3.05) is 43.4 Å². The van der Waals surface area contributed by atoms with Crippen molar-refractivity contribution in [3.8, 4) is 6.07 Å². The van der Waals surface area contributed by atoms with Crippen LogP contribution in [0.25, 0.3) is 0 Å². The monoisotopic (exact) mass is 421 g/mol. The highest BCUT2D eigenvalue weighted by molar-refractivity contribution is 7.99. The molecule has 2 aromatic rings. The molecule has 2 aromatic carbocycles. The quantitative estimate of drug-likeness (QED) is 0.678. The summed E-state index contributed by atoms with van der Waals surface area (Å²) in [5, 5.41) is 8.99. The second-order valence-corrected chi connectivity index (χ2v) is 8.80. The van der Waals surface area contributed by atoms with Crippen LogP contribution in [-0.2, 0) is 4.74 Å². The summed E-state index contributed by atoms with van der Waals surface area (Å²) in [5.41, 5.74) is 2.57. The second-order valence-electron chi connectivity index (χ2n) is 7.73. The molecular formula is C24H27N3O2S. The Labute approximate surface area is 182 Å². The van der Waals surface area contributed by atoms with Crippen LogP contribution >= 0.6 is 11.8 Å². The summed E-state index contributed by atoms with van der Waals surface area (Å²) in [7, 11) is 0. The van der Waals surface area contributed by atoms with Gasteiger partial charge in [-0.1, -0.05) is 12.1 Å². The highest BCUT2D eigenvalue weighted by Crippen LogP contribution is 2.28. The van der Waals surface area contributed by atoms with Gasteiger partial charge in [-0.05, 0) is 55.7 Å². The zero-order valence-electron chi connectivity index (χ0n) is 17.1. The van der Waals surface area contributed by atoms with Crippen LogP contribution in [0.15, 0.2) is 53.4 Å². The Bertz CT molecular complexity index is 903. The highest BCUT2D eigenvalue weighted by atomic mass is 32.2. The van der Waals surface area contributed by atoms with E-state index < -0.39 is 0 Å². The van der Waals surface area contributed by atoms with Crippen molar-refractivity contribution in [3.63, 3.8) is 0 Å². The molecule has 2 fully saturated rings. The number of thioether (sulfide) groups is 1. The molecule has 0 bridgehead atoms. The molecule has 0 aromatic heterocycles. The van der Waals surface area contributed by atoms with E-state index in [2.05, 4.69) is 11.0 Å². The number of ether oxygens (including phenoxy) is 1. The fourth-order valence-corrected chi connectivity index (χ4v) is 5.14. The summed E-state index contributed by atoms with van der Waals surface area (Å²) in [5.74, 6) is 1.02. The summed E-state index contributed by atoms with van der Waals surface area (Å²) in [6, 6.07) is 17.8. The number of nitrogens with zero attached hydrogens (tertiary/aromatic N) is 3. The third-order valence-electron chi connectivity index (χ3n) is 5.71. The van der Waals surface area contributed by atoms with Gasteiger partial charge in [0.15, 0.2) is 0 Å². The lowest BCUT2D eigenvalue weighted by Crippen LogP contribution is -2.35. The predicted octanol–water partition coefficient (Wildman–Crippen LogP) is 4.18. The van der Waals surface area contributed by atoms with E-state index in [1.54, 1.807) is 11.8 Å². The van der Waals surface area contributed by atoms with Crippen LogP contribution in [0, 0.1) is 11.3 Å². The van der Waals surface area contributed by atoms with Crippen LogP contribution in [-0.4, -0.2) is 55.4 Å². The predicted molar refractivity (Wildman–Crippen MR) is 120 cm³/mol. The Morgan fingerprint density at radius 1 is 1.07 bits per heavy atom. The average molecular weight is 422 g/mol. The van der Waals surface area contributed by atoms with Gasteiger partial charge in [0.2, 0.25) is 0 Å². The van der Waals surface area contributed by atoms with Crippen LogP contribution < -0.4 is 4.90 Å². The average Bonchev–Trinajstić information content (AvgIpc) is 3.20. The minimum absolute atomic E-state index is 0.118. The highest BCUT2D eigenvalue weighted by Gasteiger charge is 2.23. The number of rotatable bonds is 5. The Hall–Kier alpha value is -2.49. The lowest BCUT2D eigenvalue weighted by molar-refractivity contribution is 0.0763. The number of carbonyl (C=O) groups excluding carboxylic acids is 1. The molecule has 0 spiro atoms. The van der Waals surface area contributed by atoms with Crippen molar-refractivity contribution < 1.29 is 9.53 Å². The van der Waals surface area contributed by atoms with Gasteiger partial charge in [0.05, 0.1) is 23.3 Å². The topological polar surface area (TPSA) is 56.6 Å². The first-order chi connectivity index (χ1) is 14.7. The van der Waals surface area contributed by atoms with E-state index in [1.165, 1.54) is 0 Å². The molecule has 0 saturated carbocycles. The van der Waals surface area contributed by atoms with Crippen LogP contribution in [0.4, 0.5) is 5.69 Å². The van der Waals surface area contributed by atoms with Gasteiger partial charge in [0, 0.05) is 49.1 Å². The van der Waals surface area contributed by atoms with Gasteiger partial charge in [0.25, 0.3) is 5.91 Å². The first-order valence-corrected chi connectivity index (χ1v) is 11.6. The minimum atomic E-state index is 0.118. The summed E-state index contributed by atoms with van der Waals surface area (Å²) in [6.45, 7) is 4.02. The molecule has 0 N–H and O–H groups in total. The van der Waals surface area contributed by atoms with Crippen molar-refractivity contribution in [2.24, 2.45) is 0 Å². The maximum Gasteiger partial charge on any atom is 0.255 e. The van der Waals surface area contributed by atoms with E-state index in [0.717, 1.165) is 67.4 Å². The maximum absolute atomic E-state index is 13.3. The Morgan fingerprint density at radius 2 is 1.90 bits per heavy atom. The molecule has 0 aliphatic carbocycles. The molecule has 156 valence electrons. The molecular weight excluding hydrogens is 394 g/mol. The van der Waals surface area contributed by atoms with E-state index in [1.807, 2.05) is 53.4 Å². The summed E-state index contributed by atoms with van der Waals surface area (Å²) in [6.07, 6.45) is 3.48. The fourth-order valence-electron chi connectivity index (χ4n) is 4.02. The lowest BCUT2D eigenvalue weighted by atomic mass is 10.2. The van der Waals surface area contributed by atoms with Gasteiger partial charge in [-0.2, -0.15) is 5.26 Å². The molecule has 2 aliphatic rings. The van der Waals surface area contributed by atoms with Gasteiger partial charge in [-0.15, -0.1) is 11.8 Å². The molecule has 2 aliphatic heterocycles. The molecule has 5 nitrogen and oxygen atoms in total. The Morgan fingerprint density at radius 3 is 2.67 bits per heavy atom. The molecule has 30 heavy (non-hydrogen) atoms. The normalized spacial score (nSPS) is 19.4. The van der Waals surface area contributed by atoms with Gasteiger partial charge in [-0.3, -0.25) is 4.79 Å². The van der Waals surface area contributed by atoms with Crippen LogP contribution in [0.5, 0.6) is 0 Å². The van der Waals surface area contributed by atoms with Crippen LogP contribution in [0.2, 0.25) is 0 Å². The molecule has 1 unspecified atom stereocenters. The van der Waals surface area contributed by atoms with Crippen molar-refractivity contribution in [1.29, 1.82) is 5.26 Å². The first-order valence-electron chi connectivity index (χ1n) is 10.6. The number of hydrogen-bond acceptors (Lipinski definition) is 5. The van der Waals surface area contributed by atoms with Gasteiger partial charge in [-0.25, -0.2) is 0 Å². The van der Waals surface area contributed by atoms with Crippen LogP contribution in [0.1, 0.15) is 35.2 Å². The number of anilines is 1. The molecule has 2 heterocycles. The fraction of sp³-hybridized carbons (Fsp3) is 0.417. The first kappa shape index (κ1) is 20.8. The summed E-state index contributed by atoms with van der Waals surface area (Å²) in [4.78, 5) is 18.6. The standard InChI is InChI=1S/C24H27N3O2S/c25-17-19-8-10-20(11-9-19)26-12-4-13-27(15-14-26)24(28)22-6-1-2-7-23(22)30-18-21-5-3-16-29-21/h1-2,6-11,21H,3-5,12-16,18H2. The third kappa shape index (κ3) is 4.97. The summed E-state index contributed by atoms with van der Waals surface area (Å²) >= 11 is 1.73. The number of benzene rings is 2. The zero-order chi connectivity index (χ0) is 20.8. The maximum atomic E-state index is 13.3. The molecule has 0 radical (unpaired) electrons. The molecule has 2 saturated heterocycles. The zero-order valence-corrected chi connectivity index (χ0v) is 17.9. The van der Waals surface area contributed by atoms with Crippen molar-refractivity contribution in [3.05, 3.63) is 59.7 Å². The molecule has 1 amide bonds. The van der Waals surface area contributed by atoms with Crippen molar-refractivity contribution >= 4 is 23.4 Å². The Kier molecular flexibility index (Phi) is 6.93. The van der Waals surface area contributed by atoms with E-state index in [9.17, 15) is 4.79 Å². The lowest BCUT2D eigenvalue weighted by Gasteiger charge is -2.24. The minimum Gasteiger partial charge on any atom is -0.377 e. The SMILES string of the molecule is N#Cc1ccc(N2CCCN(C(=O)c3ccccc3SCC3CCCO3)CC2)cc1. The van der Waals surface area contributed by atoms with E-state index >= 15 is 0 Å².